The predicted octanol–water partition coefficient (Wildman–Crippen LogP) is 1.43. The van der Waals surface area contributed by atoms with Crippen LogP contribution >= 0.6 is 0 Å². The van der Waals surface area contributed by atoms with Crippen LogP contribution in [0.1, 0.15) is 44.9 Å². The van der Waals surface area contributed by atoms with Gasteiger partial charge in [-0.15, -0.1) is 0 Å². The molecule has 138 valence electrons. The molecule has 2 saturated heterocycles. The molecule has 0 spiro atoms. The molecule has 2 heterocycles. The van der Waals surface area contributed by atoms with Crippen molar-refractivity contribution in [1.82, 2.24) is 15.1 Å². The van der Waals surface area contributed by atoms with Crippen molar-refractivity contribution in [3.8, 4) is 0 Å². The molecule has 0 aromatic rings. The number of hydrogen-bond acceptors (Lipinski definition) is 4. The Morgan fingerprint density at radius 1 is 1.25 bits per heavy atom. The summed E-state index contributed by atoms with van der Waals surface area (Å²) >= 11 is 0. The molecule has 0 unspecified atom stereocenters. The normalized spacial score (nSPS) is 33.2. The predicted molar refractivity (Wildman–Crippen MR) is 93.0 cm³/mol. The molecule has 3 aliphatic rings. The number of carbonyl (C=O) groups excluding carboxylic acids is 1. The first kappa shape index (κ1) is 18.0. The Hall–Kier alpha value is -0.850. The number of likely N-dealkylation sites (tertiary alicyclic amines) is 1. The molecule has 6 nitrogen and oxygen atoms in total. The Kier molecular flexibility index (Phi) is 5.37. The number of likely N-dealkylation sites (N-methyl/N-ethyl adjacent to an activating group) is 1. The SMILES string of the molecule is CN(C)C1(CNC(=O)N2CC[C@]3(O)CCCC[C@@H]3C2)CCOCC1. The number of nitrogens with one attached hydrogen (secondary N) is 1. The van der Waals surface area contributed by atoms with E-state index in [4.69, 9.17) is 4.74 Å². The number of nitrogens with zero attached hydrogens (tertiary/aromatic N) is 2. The maximum atomic E-state index is 12.7. The van der Waals surface area contributed by atoms with Gasteiger partial charge in [0.25, 0.3) is 0 Å². The van der Waals surface area contributed by atoms with E-state index in [9.17, 15) is 9.90 Å². The number of ether oxygens (including phenoxy) is 1. The third-order valence-electron chi connectivity index (χ3n) is 6.66. The van der Waals surface area contributed by atoms with Crippen LogP contribution in [0.2, 0.25) is 0 Å². The third-order valence-corrected chi connectivity index (χ3v) is 6.66. The van der Waals surface area contributed by atoms with Gasteiger partial charge in [0.15, 0.2) is 0 Å². The minimum atomic E-state index is -0.527. The lowest BCUT2D eigenvalue weighted by Crippen LogP contribution is -2.60. The zero-order chi connectivity index (χ0) is 17.2. The average Bonchev–Trinajstić information content (AvgIpc) is 2.59. The molecule has 0 aromatic carbocycles. The van der Waals surface area contributed by atoms with E-state index in [1.54, 1.807) is 0 Å². The lowest BCUT2D eigenvalue weighted by Gasteiger charge is -2.48. The minimum Gasteiger partial charge on any atom is -0.389 e. The van der Waals surface area contributed by atoms with Crippen LogP contribution in [0.15, 0.2) is 0 Å². The molecule has 3 rings (SSSR count). The summed E-state index contributed by atoms with van der Waals surface area (Å²) in [4.78, 5) is 16.8. The number of hydrogen-bond donors (Lipinski definition) is 2. The molecule has 2 amide bonds. The molecular weight excluding hydrogens is 306 g/mol. The van der Waals surface area contributed by atoms with Crippen LogP contribution in [0.4, 0.5) is 4.79 Å². The number of fused-ring (bicyclic) bond motifs is 1. The van der Waals surface area contributed by atoms with Crippen molar-refractivity contribution < 1.29 is 14.6 Å². The van der Waals surface area contributed by atoms with Crippen LogP contribution in [0.5, 0.6) is 0 Å². The zero-order valence-corrected chi connectivity index (χ0v) is 15.2. The van der Waals surface area contributed by atoms with Crippen LogP contribution in [0.3, 0.4) is 0 Å². The smallest absolute Gasteiger partial charge is 0.317 e. The maximum Gasteiger partial charge on any atom is 0.317 e. The van der Waals surface area contributed by atoms with Crippen LogP contribution in [-0.2, 0) is 4.74 Å². The van der Waals surface area contributed by atoms with Crippen molar-refractivity contribution in [2.24, 2.45) is 5.92 Å². The summed E-state index contributed by atoms with van der Waals surface area (Å²) < 4.78 is 5.49. The number of urea groups is 1. The molecule has 2 aliphatic heterocycles. The molecule has 0 aromatic heterocycles. The van der Waals surface area contributed by atoms with Crippen molar-refractivity contribution >= 4 is 6.03 Å². The molecular formula is C18H33N3O3. The van der Waals surface area contributed by atoms with E-state index < -0.39 is 5.60 Å². The highest BCUT2D eigenvalue weighted by molar-refractivity contribution is 5.74. The first-order chi connectivity index (χ1) is 11.5. The van der Waals surface area contributed by atoms with E-state index in [-0.39, 0.29) is 17.5 Å². The summed E-state index contributed by atoms with van der Waals surface area (Å²) in [6.07, 6.45) is 6.85. The van der Waals surface area contributed by atoms with Gasteiger partial charge in [-0.1, -0.05) is 12.8 Å². The van der Waals surface area contributed by atoms with Gasteiger partial charge in [-0.25, -0.2) is 4.79 Å². The molecule has 0 radical (unpaired) electrons. The van der Waals surface area contributed by atoms with Gasteiger partial charge in [-0.05, 0) is 46.2 Å². The summed E-state index contributed by atoms with van der Waals surface area (Å²) in [5.74, 6) is 0.247. The number of aliphatic hydroxyl groups is 1. The number of rotatable bonds is 3. The van der Waals surface area contributed by atoms with E-state index in [0.717, 1.165) is 51.7 Å². The van der Waals surface area contributed by atoms with E-state index in [2.05, 4.69) is 24.3 Å². The van der Waals surface area contributed by atoms with Crippen LogP contribution in [0.25, 0.3) is 0 Å². The van der Waals surface area contributed by atoms with Gasteiger partial charge < -0.3 is 25.0 Å². The van der Waals surface area contributed by atoms with E-state index in [1.165, 1.54) is 6.42 Å². The van der Waals surface area contributed by atoms with Gasteiger partial charge in [0.1, 0.15) is 0 Å². The van der Waals surface area contributed by atoms with Crippen molar-refractivity contribution in [3.05, 3.63) is 0 Å². The second-order valence-electron chi connectivity index (χ2n) is 8.13. The monoisotopic (exact) mass is 339 g/mol. The Labute approximate surface area is 145 Å². The number of amides is 2. The fourth-order valence-corrected chi connectivity index (χ4v) is 4.64. The third kappa shape index (κ3) is 3.55. The highest BCUT2D eigenvalue weighted by atomic mass is 16.5. The fourth-order valence-electron chi connectivity index (χ4n) is 4.64. The van der Waals surface area contributed by atoms with E-state index in [0.29, 0.717) is 19.6 Å². The van der Waals surface area contributed by atoms with Gasteiger partial charge in [0.2, 0.25) is 0 Å². The first-order valence-electron chi connectivity index (χ1n) is 9.46. The summed E-state index contributed by atoms with van der Waals surface area (Å²) in [6.45, 7) is 3.53. The number of piperidine rings is 1. The zero-order valence-electron chi connectivity index (χ0n) is 15.2. The standard InChI is InChI=1S/C18H33N3O3/c1-20(2)17(8-11-24-12-9-17)14-19-16(22)21-10-7-18(23)6-4-3-5-15(18)13-21/h15,23H,3-14H2,1-2H3,(H,19,22)/t15-,18-/m1/s1. The Morgan fingerprint density at radius 3 is 2.71 bits per heavy atom. The maximum absolute atomic E-state index is 12.7. The summed E-state index contributed by atoms with van der Waals surface area (Å²) in [7, 11) is 4.17. The largest absolute Gasteiger partial charge is 0.389 e. The van der Waals surface area contributed by atoms with Crippen molar-refractivity contribution in [2.45, 2.75) is 56.1 Å². The molecule has 1 saturated carbocycles. The molecule has 2 N–H and O–H groups in total. The fraction of sp³-hybridized carbons (Fsp3) is 0.944. The molecule has 3 fully saturated rings. The minimum absolute atomic E-state index is 0.00469. The van der Waals surface area contributed by atoms with Gasteiger partial charge in [-0.3, -0.25) is 0 Å². The van der Waals surface area contributed by atoms with Crippen LogP contribution < -0.4 is 5.32 Å². The van der Waals surface area contributed by atoms with E-state index in [1.807, 2.05) is 4.90 Å². The Bertz CT molecular complexity index is 451. The van der Waals surface area contributed by atoms with Gasteiger partial charge in [0, 0.05) is 44.3 Å². The van der Waals surface area contributed by atoms with Gasteiger partial charge >= 0.3 is 6.03 Å². The summed E-state index contributed by atoms with van der Waals surface area (Å²) in [5, 5.41) is 13.9. The lowest BCUT2D eigenvalue weighted by atomic mass is 9.71. The molecule has 24 heavy (non-hydrogen) atoms. The van der Waals surface area contributed by atoms with Crippen molar-refractivity contribution in [3.63, 3.8) is 0 Å². The van der Waals surface area contributed by atoms with Crippen molar-refractivity contribution in [1.29, 1.82) is 0 Å². The molecule has 0 bridgehead atoms. The molecule has 2 atom stereocenters. The first-order valence-corrected chi connectivity index (χ1v) is 9.46. The lowest BCUT2D eigenvalue weighted by molar-refractivity contribution is -0.0873. The highest BCUT2D eigenvalue weighted by Crippen LogP contribution is 2.39. The molecule has 1 aliphatic carbocycles. The quantitative estimate of drug-likeness (QED) is 0.816. The molecule has 6 heteroatoms. The second kappa shape index (κ2) is 7.18. The van der Waals surface area contributed by atoms with Gasteiger partial charge in [0.05, 0.1) is 5.60 Å². The van der Waals surface area contributed by atoms with Gasteiger partial charge in [-0.2, -0.15) is 0 Å². The second-order valence-corrected chi connectivity index (χ2v) is 8.13. The number of carbonyl (C=O) groups is 1. The Morgan fingerprint density at radius 2 is 2.00 bits per heavy atom. The van der Waals surface area contributed by atoms with Crippen LogP contribution in [0, 0.1) is 5.92 Å². The Balaban J connectivity index is 1.55. The topological polar surface area (TPSA) is 65.0 Å². The summed E-state index contributed by atoms with van der Waals surface area (Å²) in [5.41, 5.74) is -0.532. The average molecular weight is 339 g/mol. The van der Waals surface area contributed by atoms with Crippen molar-refractivity contribution in [2.75, 3.05) is 46.9 Å². The van der Waals surface area contributed by atoms with E-state index >= 15 is 0 Å². The summed E-state index contributed by atoms with van der Waals surface area (Å²) in [6, 6.07) is 0.0235. The van der Waals surface area contributed by atoms with Crippen LogP contribution in [-0.4, -0.2) is 79.0 Å². The highest BCUT2D eigenvalue weighted by Gasteiger charge is 2.44.